The smallest absolute Gasteiger partial charge is 0.230 e. The molecule has 0 bridgehead atoms. The second-order valence-electron chi connectivity index (χ2n) is 6.68. The standard InChI is InChI=1S/C20H22FN4/c1-23-9-4-5-19-18(23)8-12-25(19)14-16-7-6-15(13-17(16)21)20(22)24-10-2-3-11-24/h4-9,12-13,22H,2-3,10-11,14H2,1H3/q+1. The van der Waals surface area contributed by atoms with Gasteiger partial charge in [0.1, 0.15) is 24.2 Å². The lowest BCUT2D eigenvalue weighted by molar-refractivity contribution is -0.644. The number of hydrogen-bond acceptors (Lipinski definition) is 1. The second kappa shape index (κ2) is 6.31. The molecule has 0 saturated carbocycles. The summed E-state index contributed by atoms with van der Waals surface area (Å²) in [6.45, 7) is 2.28. The van der Waals surface area contributed by atoms with Crippen LogP contribution in [0.4, 0.5) is 4.39 Å². The summed E-state index contributed by atoms with van der Waals surface area (Å²) in [7, 11) is 2.01. The van der Waals surface area contributed by atoms with Crippen molar-refractivity contribution >= 4 is 16.9 Å². The van der Waals surface area contributed by atoms with E-state index in [1.165, 1.54) is 6.07 Å². The minimum Gasteiger partial charge on any atom is -0.357 e. The summed E-state index contributed by atoms with van der Waals surface area (Å²) in [5, 5.41) is 8.27. The van der Waals surface area contributed by atoms with E-state index in [4.69, 9.17) is 5.41 Å². The molecule has 4 rings (SSSR count). The number of aromatic nitrogens is 2. The number of likely N-dealkylation sites (tertiary alicyclic amines) is 1. The number of rotatable bonds is 3. The zero-order valence-corrected chi connectivity index (χ0v) is 14.4. The van der Waals surface area contributed by atoms with Crippen molar-refractivity contribution in [3.63, 3.8) is 0 Å². The van der Waals surface area contributed by atoms with Crippen molar-refractivity contribution in [1.29, 1.82) is 5.41 Å². The molecule has 0 spiro atoms. The highest BCUT2D eigenvalue weighted by Crippen LogP contribution is 2.19. The lowest BCUT2D eigenvalue weighted by Gasteiger charge is -2.19. The number of benzene rings is 1. The predicted octanol–water partition coefficient (Wildman–Crippen LogP) is 3.07. The Morgan fingerprint density at radius 2 is 2.00 bits per heavy atom. The molecule has 3 heterocycles. The maximum atomic E-state index is 14.6. The Kier molecular flexibility index (Phi) is 3.99. The number of amidine groups is 1. The number of fused-ring (bicyclic) bond motifs is 1. The Bertz CT molecular complexity index is 938. The molecule has 0 unspecified atom stereocenters. The van der Waals surface area contributed by atoms with Gasteiger partial charge in [0.2, 0.25) is 5.52 Å². The van der Waals surface area contributed by atoms with Gasteiger partial charge in [-0.25, -0.2) is 4.39 Å². The minimum atomic E-state index is -0.247. The lowest BCUT2D eigenvalue weighted by Crippen LogP contribution is -2.27. The molecule has 1 N–H and O–H groups in total. The zero-order chi connectivity index (χ0) is 17.4. The molecular weight excluding hydrogens is 315 g/mol. The van der Waals surface area contributed by atoms with Gasteiger partial charge in [-0.2, -0.15) is 4.57 Å². The first-order valence-corrected chi connectivity index (χ1v) is 8.69. The van der Waals surface area contributed by atoms with Crippen molar-refractivity contribution in [2.45, 2.75) is 19.4 Å². The number of aryl methyl sites for hydroxylation is 1. The van der Waals surface area contributed by atoms with E-state index < -0.39 is 0 Å². The molecule has 25 heavy (non-hydrogen) atoms. The second-order valence-corrected chi connectivity index (χ2v) is 6.68. The molecule has 128 valence electrons. The Morgan fingerprint density at radius 1 is 1.20 bits per heavy atom. The van der Waals surface area contributed by atoms with Gasteiger partial charge in [0.25, 0.3) is 0 Å². The fourth-order valence-corrected chi connectivity index (χ4v) is 3.56. The number of halogens is 1. The topological polar surface area (TPSA) is 35.9 Å². The maximum Gasteiger partial charge on any atom is 0.230 e. The highest BCUT2D eigenvalue weighted by atomic mass is 19.1. The van der Waals surface area contributed by atoms with Crippen LogP contribution in [0.1, 0.15) is 24.0 Å². The minimum absolute atomic E-state index is 0.247. The Labute approximate surface area is 146 Å². The van der Waals surface area contributed by atoms with E-state index in [2.05, 4.69) is 9.13 Å². The molecule has 1 aliphatic heterocycles. The largest absolute Gasteiger partial charge is 0.357 e. The van der Waals surface area contributed by atoms with Crippen LogP contribution < -0.4 is 4.57 Å². The van der Waals surface area contributed by atoms with Gasteiger partial charge in [-0.15, -0.1) is 0 Å². The molecule has 0 radical (unpaired) electrons. The normalized spacial score (nSPS) is 14.4. The van der Waals surface area contributed by atoms with E-state index in [9.17, 15) is 4.39 Å². The van der Waals surface area contributed by atoms with Crippen molar-refractivity contribution in [3.8, 4) is 0 Å². The number of nitrogens with one attached hydrogen (secondary N) is 1. The molecule has 5 heteroatoms. The van der Waals surface area contributed by atoms with Crippen LogP contribution in [0.3, 0.4) is 0 Å². The molecule has 3 aromatic rings. The van der Waals surface area contributed by atoms with E-state index >= 15 is 0 Å². The highest BCUT2D eigenvalue weighted by Gasteiger charge is 2.18. The van der Waals surface area contributed by atoms with E-state index in [0.717, 1.165) is 37.0 Å². The first kappa shape index (κ1) is 15.8. The van der Waals surface area contributed by atoms with Gasteiger partial charge in [0.15, 0.2) is 6.20 Å². The molecule has 0 atom stereocenters. The number of hydrogen-bond donors (Lipinski definition) is 1. The molecule has 1 aliphatic rings. The van der Waals surface area contributed by atoms with Crippen molar-refractivity contribution in [2.24, 2.45) is 7.05 Å². The Balaban J connectivity index is 1.60. The summed E-state index contributed by atoms with van der Waals surface area (Å²) >= 11 is 0. The highest BCUT2D eigenvalue weighted by molar-refractivity contribution is 5.96. The van der Waals surface area contributed by atoms with Gasteiger partial charge in [-0.05, 0) is 25.0 Å². The van der Waals surface area contributed by atoms with E-state index in [-0.39, 0.29) is 5.82 Å². The fraction of sp³-hybridized carbons (Fsp3) is 0.300. The third kappa shape index (κ3) is 2.90. The van der Waals surface area contributed by atoms with Gasteiger partial charge in [-0.3, -0.25) is 5.41 Å². The first-order chi connectivity index (χ1) is 12.1. The van der Waals surface area contributed by atoms with Crippen molar-refractivity contribution < 1.29 is 8.96 Å². The Morgan fingerprint density at radius 3 is 2.76 bits per heavy atom. The summed E-state index contributed by atoms with van der Waals surface area (Å²) in [5.74, 6) is 0.185. The molecule has 1 saturated heterocycles. The summed E-state index contributed by atoms with van der Waals surface area (Å²) in [5.41, 5.74) is 3.50. The van der Waals surface area contributed by atoms with E-state index in [1.807, 2.05) is 54.7 Å². The zero-order valence-electron chi connectivity index (χ0n) is 14.4. The van der Waals surface area contributed by atoms with Crippen LogP contribution in [-0.2, 0) is 13.6 Å². The average molecular weight is 337 g/mol. The molecule has 0 amide bonds. The molecule has 2 aromatic heterocycles. The Hall–Kier alpha value is -2.69. The van der Waals surface area contributed by atoms with Gasteiger partial charge in [0.05, 0.1) is 6.54 Å². The fourth-order valence-electron chi connectivity index (χ4n) is 3.56. The lowest BCUT2D eigenvalue weighted by atomic mass is 10.1. The van der Waals surface area contributed by atoms with Gasteiger partial charge in [0, 0.05) is 42.5 Å². The summed E-state index contributed by atoms with van der Waals surface area (Å²) in [6.07, 6.45) is 6.22. The van der Waals surface area contributed by atoms with Crippen molar-refractivity contribution in [1.82, 2.24) is 9.47 Å². The van der Waals surface area contributed by atoms with Crippen molar-refractivity contribution in [2.75, 3.05) is 13.1 Å². The van der Waals surface area contributed by atoms with Gasteiger partial charge in [-0.1, -0.05) is 12.1 Å². The average Bonchev–Trinajstić information content (AvgIpc) is 3.27. The third-order valence-electron chi connectivity index (χ3n) is 5.02. The molecule has 0 aliphatic carbocycles. The maximum absolute atomic E-state index is 14.6. The monoisotopic (exact) mass is 337 g/mol. The molecule has 1 aromatic carbocycles. The quantitative estimate of drug-likeness (QED) is 0.445. The van der Waals surface area contributed by atoms with Gasteiger partial charge < -0.3 is 9.47 Å². The van der Waals surface area contributed by atoms with Gasteiger partial charge >= 0.3 is 0 Å². The number of pyridine rings is 1. The predicted molar refractivity (Wildman–Crippen MR) is 96.3 cm³/mol. The molecular formula is C20H22FN4+. The van der Waals surface area contributed by atoms with Crippen LogP contribution in [0.2, 0.25) is 0 Å². The van der Waals surface area contributed by atoms with Crippen molar-refractivity contribution in [3.05, 3.63) is 65.7 Å². The SMILES string of the molecule is C[n+]1cccc2c1ccn2Cc1ccc(C(=N)N2CCCC2)cc1F. The molecule has 1 fully saturated rings. The van der Waals surface area contributed by atoms with E-state index in [1.54, 1.807) is 0 Å². The van der Waals surface area contributed by atoms with Crippen LogP contribution in [0.15, 0.2) is 48.8 Å². The first-order valence-electron chi connectivity index (χ1n) is 8.69. The number of nitrogens with zero attached hydrogens (tertiary/aromatic N) is 3. The van der Waals surface area contributed by atoms with Crippen LogP contribution in [0.25, 0.3) is 11.0 Å². The van der Waals surface area contributed by atoms with Crippen LogP contribution in [0, 0.1) is 11.2 Å². The molecule has 4 nitrogen and oxygen atoms in total. The van der Waals surface area contributed by atoms with E-state index in [0.29, 0.717) is 23.5 Å². The summed E-state index contributed by atoms with van der Waals surface area (Å²) in [6, 6.07) is 11.3. The third-order valence-corrected chi connectivity index (χ3v) is 5.02. The summed E-state index contributed by atoms with van der Waals surface area (Å²) < 4.78 is 18.7. The van der Waals surface area contributed by atoms with Crippen LogP contribution in [-0.4, -0.2) is 28.4 Å². The summed E-state index contributed by atoms with van der Waals surface area (Å²) in [4.78, 5) is 2.02. The van der Waals surface area contributed by atoms with Crippen LogP contribution >= 0.6 is 0 Å². The van der Waals surface area contributed by atoms with Crippen LogP contribution in [0.5, 0.6) is 0 Å².